The number of nitrogens with zero attached hydrogens (tertiary/aromatic N) is 1. The van der Waals surface area contributed by atoms with Crippen LogP contribution in [0.25, 0.3) is 0 Å². The quantitative estimate of drug-likeness (QED) is 0.544. The van der Waals surface area contributed by atoms with Crippen LogP contribution in [0.5, 0.6) is 0 Å². The fourth-order valence-electron chi connectivity index (χ4n) is 1.09. The standard InChI is InChI=1S/C6H13NO.CH5NO/c1-7-4-3-6(5-7)8-2;1-3-2/h6H,3-5H2,1-2H3;2H2,1H3. The molecule has 0 bridgehead atoms. The first-order valence-corrected chi connectivity index (χ1v) is 3.68. The van der Waals surface area contributed by atoms with E-state index in [9.17, 15) is 0 Å². The SMILES string of the molecule is COC1CCN(C)C1.CON. The van der Waals surface area contributed by atoms with Crippen LogP contribution in [0.4, 0.5) is 0 Å². The lowest BCUT2D eigenvalue weighted by Gasteiger charge is -2.06. The van der Waals surface area contributed by atoms with Crippen LogP contribution in [0.1, 0.15) is 6.42 Å². The van der Waals surface area contributed by atoms with Gasteiger partial charge >= 0.3 is 0 Å². The van der Waals surface area contributed by atoms with Crippen molar-refractivity contribution in [2.75, 3.05) is 34.4 Å². The van der Waals surface area contributed by atoms with E-state index in [1.54, 1.807) is 7.11 Å². The van der Waals surface area contributed by atoms with E-state index in [4.69, 9.17) is 4.74 Å². The predicted molar refractivity (Wildman–Crippen MR) is 44.1 cm³/mol. The third-order valence-electron chi connectivity index (χ3n) is 1.68. The lowest BCUT2D eigenvalue weighted by molar-refractivity contribution is 0.111. The highest BCUT2D eigenvalue weighted by molar-refractivity contribution is 4.71. The molecule has 1 saturated heterocycles. The van der Waals surface area contributed by atoms with Gasteiger partial charge in [0.05, 0.1) is 13.2 Å². The minimum absolute atomic E-state index is 0.500. The molecule has 0 amide bonds. The Balaban J connectivity index is 0.000000292. The van der Waals surface area contributed by atoms with Gasteiger partial charge in [0.25, 0.3) is 0 Å². The maximum absolute atomic E-state index is 5.14. The van der Waals surface area contributed by atoms with Crippen LogP contribution in [0.15, 0.2) is 0 Å². The van der Waals surface area contributed by atoms with Gasteiger partial charge in [0.1, 0.15) is 0 Å². The van der Waals surface area contributed by atoms with Crippen LogP contribution in [0.2, 0.25) is 0 Å². The predicted octanol–water partition coefficient (Wildman–Crippen LogP) is -0.157. The molecule has 0 aliphatic carbocycles. The number of rotatable bonds is 1. The summed E-state index contributed by atoms with van der Waals surface area (Å²) in [5.74, 6) is 4.35. The molecule has 4 nitrogen and oxygen atoms in total. The summed E-state index contributed by atoms with van der Waals surface area (Å²) in [5, 5.41) is 0. The van der Waals surface area contributed by atoms with E-state index >= 15 is 0 Å². The highest BCUT2D eigenvalue weighted by Crippen LogP contribution is 2.07. The minimum atomic E-state index is 0.500. The van der Waals surface area contributed by atoms with Crippen molar-refractivity contribution in [3.8, 4) is 0 Å². The number of hydrogen-bond donors (Lipinski definition) is 1. The number of likely N-dealkylation sites (tertiary alicyclic amines) is 1. The molecule has 1 rings (SSSR count). The Labute approximate surface area is 68.2 Å². The topological polar surface area (TPSA) is 47.7 Å². The first-order chi connectivity index (χ1) is 5.24. The van der Waals surface area contributed by atoms with E-state index in [1.807, 2.05) is 0 Å². The maximum Gasteiger partial charge on any atom is 0.0710 e. The van der Waals surface area contributed by atoms with Crippen molar-refractivity contribution in [1.29, 1.82) is 0 Å². The van der Waals surface area contributed by atoms with Gasteiger partial charge in [-0.2, -0.15) is 0 Å². The third kappa shape index (κ3) is 5.15. The van der Waals surface area contributed by atoms with E-state index in [0.29, 0.717) is 6.10 Å². The molecule has 0 aromatic heterocycles. The van der Waals surface area contributed by atoms with Crippen molar-refractivity contribution >= 4 is 0 Å². The monoisotopic (exact) mass is 162 g/mol. The van der Waals surface area contributed by atoms with Gasteiger partial charge in [-0.05, 0) is 13.5 Å². The zero-order valence-electron chi connectivity index (χ0n) is 7.54. The molecule has 0 aromatic rings. The van der Waals surface area contributed by atoms with E-state index in [-0.39, 0.29) is 0 Å². The summed E-state index contributed by atoms with van der Waals surface area (Å²) in [6.45, 7) is 2.30. The van der Waals surface area contributed by atoms with Crippen LogP contribution in [-0.4, -0.2) is 45.4 Å². The van der Waals surface area contributed by atoms with Crippen molar-refractivity contribution in [2.24, 2.45) is 5.90 Å². The van der Waals surface area contributed by atoms with Crippen molar-refractivity contribution in [3.05, 3.63) is 0 Å². The maximum atomic E-state index is 5.14. The molecule has 4 heteroatoms. The highest BCUT2D eigenvalue weighted by Gasteiger charge is 2.17. The molecule has 1 aliphatic rings. The number of methoxy groups -OCH3 is 1. The molecule has 0 radical (unpaired) electrons. The summed E-state index contributed by atoms with van der Waals surface area (Å²) in [4.78, 5) is 6.04. The summed E-state index contributed by atoms with van der Waals surface area (Å²) < 4.78 is 5.14. The van der Waals surface area contributed by atoms with Gasteiger partial charge in [0.15, 0.2) is 0 Å². The Kier molecular flexibility index (Phi) is 6.45. The van der Waals surface area contributed by atoms with Gasteiger partial charge in [0, 0.05) is 20.2 Å². The molecule has 68 valence electrons. The Morgan fingerprint density at radius 2 is 2.00 bits per heavy atom. The second-order valence-corrected chi connectivity index (χ2v) is 2.64. The Bertz CT molecular complexity index is 90.5. The number of hydrogen-bond acceptors (Lipinski definition) is 4. The van der Waals surface area contributed by atoms with Gasteiger partial charge in [-0.1, -0.05) is 0 Å². The Hall–Kier alpha value is -0.160. The molecule has 1 atom stereocenters. The lowest BCUT2D eigenvalue weighted by atomic mass is 10.3. The normalized spacial score (nSPS) is 24.5. The number of nitrogens with two attached hydrogens (primary N) is 1. The Morgan fingerprint density at radius 3 is 2.18 bits per heavy atom. The fraction of sp³-hybridized carbons (Fsp3) is 1.00. The van der Waals surface area contributed by atoms with E-state index < -0.39 is 0 Å². The van der Waals surface area contributed by atoms with Crippen LogP contribution in [-0.2, 0) is 9.57 Å². The van der Waals surface area contributed by atoms with Gasteiger partial charge in [0.2, 0.25) is 0 Å². The van der Waals surface area contributed by atoms with E-state index in [2.05, 4.69) is 22.7 Å². The molecule has 1 unspecified atom stereocenters. The van der Waals surface area contributed by atoms with Crippen LogP contribution in [0, 0.1) is 0 Å². The largest absolute Gasteiger partial charge is 0.380 e. The van der Waals surface area contributed by atoms with E-state index in [1.165, 1.54) is 20.1 Å². The summed E-state index contributed by atoms with van der Waals surface area (Å²) >= 11 is 0. The molecule has 1 heterocycles. The average Bonchev–Trinajstić information content (AvgIpc) is 2.37. The van der Waals surface area contributed by atoms with Gasteiger partial charge in [-0.3, -0.25) is 0 Å². The molecule has 0 aromatic carbocycles. The first-order valence-electron chi connectivity index (χ1n) is 3.68. The smallest absolute Gasteiger partial charge is 0.0710 e. The van der Waals surface area contributed by atoms with Crippen molar-refractivity contribution in [2.45, 2.75) is 12.5 Å². The van der Waals surface area contributed by atoms with E-state index in [0.717, 1.165) is 6.54 Å². The lowest BCUT2D eigenvalue weighted by Crippen LogP contribution is -2.17. The molecular formula is C7H18N2O2. The number of likely N-dealkylation sites (N-methyl/N-ethyl adjacent to an activating group) is 1. The molecule has 11 heavy (non-hydrogen) atoms. The van der Waals surface area contributed by atoms with Crippen LogP contribution < -0.4 is 5.90 Å². The zero-order chi connectivity index (χ0) is 8.69. The fourth-order valence-corrected chi connectivity index (χ4v) is 1.09. The summed E-state index contributed by atoms with van der Waals surface area (Å²) in [6.07, 6.45) is 1.70. The number of ether oxygens (including phenoxy) is 1. The molecule has 0 spiro atoms. The van der Waals surface area contributed by atoms with Crippen LogP contribution in [0.3, 0.4) is 0 Å². The second kappa shape index (κ2) is 6.54. The third-order valence-corrected chi connectivity index (χ3v) is 1.68. The molecule has 1 fully saturated rings. The average molecular weight is 162 g/mol. The van der Waals surface area contributed by atoms with Gasteiger partial charge in [-0.25, -0.2) is 5.90 Å². The molecule has 1 aliphatic heterocycles. The zero-order valence-corrected chi connectivity index (χ0v) is 7.54. The van der Waals surface area contributed by atoms with Crippen LogP contribution >= 0.6 is 0 Å². The molecule has 0 saturated carbocycles. The van der Waals surface area contributed by atoms with Crippen molar-refractivity contribution in [1.82, 2.24) is 4.90 Å². The van der Waals surface area contributed by atoms with Gasteiger partial charge in [-0.15, -0.1) is 0 Å². The highest BCUT2D eigenvalue weighted by atomic mass is 16.6. The first kappa shape index (κ1) is 10.8. The van der Waals surface area contributed by atoms with Gasteiger partial charge < -0.3 is 14.5 Å². The molecular weight excluding hydrogens is 144 g/mol. The molecule has 2 N–H and O–H groups in total. The van der Waals surface area contributed by atoms with Crippen molar-refractivity contribution in [3.63, 3.8) is 0 Å². The summed E-state index contributed by atoms with van der Waals surface area (Å²) in [5.41, 5.74) is 0. The van der Waals surface area contributed by atoms with Crippen molar-refractivity contribution < 1.29 is 9.57 Å². The summed E-state index contributed by atoms with van der Waals surface area (Å²) in [6, 6.07) is 0. The Morgan fingerprint density at radius 1 is 1.45 bits per heavy atom. The summed E-state index contributed by atoms with van der Waals surface area (Å²) in [7, 11) is 5.31. The second-order valence-electron chi connectivity index (χ2n) is 2.64. The minimum Gasteiger partial charge on any atom is -0.380 e.